The van der Waals surface area contributed by atoms with Crippen LogP contribution in [0.4, 0.5) is 0 Å². The summed E-state index contributed by atoms with van der Waals surface area (Å²) in [4.78, 5) is 0. The van der Waals surface area contributed by atoms with Crippen LogP contribution < -0.4 is 0 Å². The molecule has 0 unspecified atom stereocenters. The fraction of sp³-hybridized carbons (Fsp3) is 0.125. The molecule has 2 aromatic rings. The summed E-state index contributed by atoms with van der Waals surface area (Å²) in [5.74, 6) is 0.382. The Kier molecular flexibility index (Phi) is 2.49. The lowest BCUT2D eigenvalue weighted by molar-refractivity contribution is 1.05. The maximum Gasteiger partial charge on any atom is 0.0849 e. The number of aromatic nitrogens is 2. The summed E-state index contributed by atoms with van der Waals surface area (Å²) in [5, 5.41) is 8.61. The Hall–Kier alpha value is -0.250. The van der Waals surface area contributed by atoms with Gasteiger partial charge < -0.3 is 0 Å². The van der Waals surface area contributed by atoms with Crippen molar-refractivity contribution in [1.82, 2.24) is 10.2 Å². The number of H-pyrrole nitrogens is 1. The lowest BCUT2D eigenvalue weighted by Gasteiger charge is -1.95. The van der Waals surface area contributed by atoms with Gasteiger partial charge in [-0.1, -0.05) is 11.6 Å². The predicted molar refractivity (Wildman–Crippen MR) is 58.4 cm³/mol. The van der Waals surface area contributed by atoms with Gasteiger partial charge in [-0.2, -0.15) is 5.10 Å². The van der Waals surface area contributed by atoms with Crippen molar-refractivity contribution in [2.75, 3.05) is 0 Å². The van der Waals surface area contributed by atoms with Crippen molar-refractivity contribution < 1.29 is 0 Å². The third-order valence-corrected chi connectivity index (χ3v) is 2.89. The fourth-order valence-corrected chi connectivity index (χ4v) is 2.30. The molecule has 1 N–H and O–H groups in total. The van der Waals surface area contributed by atoms with Gasteiger partial charge in [-0.3, -0.25) is 5.10 Å². The third kappa shape index (κ3) is 1.56. The van der Waals surface area contributed by atoms with Crippen LogP contribution in [-0.2, 0) is 5.88 Å². The number of hydrogen-bond donors (Lipinski definition) is 1. The van der Waals surface area contributed by atoms with Gasteiger partial charge in [0.2, 0.25) is 0 Å². The maximum absolute atomic E-state index is 5.90. The van der Waals surface area contributed by atoms with Gasteiger partial charge in [0.15, 0.2) is 0 Å². The van der Waals surface area contributed by atoms with E-state index < -0.39 is 0 Å². The van der Waals surface area contributed by atoms with Crippen molar-refractivity contribution in [2.45, 2.75) is 5.88 Å². The van der Waals surface area contributed by atoms with Crippen molar-refractivity contribution in [1.29, 1.82) is 0 Å². The summed E-state index contributed by atoms with van der Waals surface area (Å²) in [7, 11) is 0. The van der Waals surface area contributed by atoms with E-state index >= 15 is 0 Å². The summed E-state index contributed by atoms with van der Waals surface area (Å²) >= 11 is 15.0. The van der Waals surface area contributed by atoms with Gasteiger partial charge >= 0.3 is 0 Å². The lowest BCUT2D eigenvalue weighted by Crippen LogP contribution is -1.77. The molecule has 0 spiro atoms. The van der Waals surface area contributed by atoms with Crippen LogP contribution >= 0.6 is 39.1 Å². The zero-order valence-corrected chi connectivity index (χ0v) is 9.54. The van der Waals surface area contributed by atoms with E-state index in [9.17, 15) is 0 Å². The molecule has 13 heavy (non-hydrogen) atoms. The Morgan fingerprint density at radius 2 is 2.23 bits per heavy atom. The maximum atomic E-state index is 5.90. The minimum Gasteiger partial charge on any atom is -0.276 e. The molecular weight excluding hydrogens is 275 g/mol. The van der Waals surface area contributed by atoms with Gasteiger partial charge in [-0.05, 0) is 28.1 Å². The fourth-order valence-electron chi connectivity index (χ4n) is 1.20. The summed E-state index contributed by atoms with van der Waals surface area (Å²) in [6, 6.07) is 3.67. The molecule has 0 aliphatic heterocycles. The molecule has 0 saturated carbocycles. The smallest absolute Gasteiger partial charge is 0.0849 e. The quantitative estimate of drug-likeness (QED) is 0.792. The summed E-state index contributed by atoms with van der Waals surface area (Å²) in [6.07, 6.45) is 0. The molecule has 1 heterocycles. The highest BCUT2D eigenvalue weighted by atomic mass is 79.9. The highest BCUT2D eigenvalue weighted by molar-refractivity contribution is 9.10. The monoisotopic (exact) mass is 278 g/mol. The van der Waals surface area contributed by atoms with Gasteiger partial charge in [0.1, 0.15) is 0 Å². The van der Waals surface area contributed by atoms with E-state index in [1.165, 1.54) is 0 Å². The van der Waals surface area contributed by atoms with Crippen molar-refractivity contribution >= 4 is 50.0 Å². The van der Waals surface area contributed by atoms with Crippen molar-refractivity contribution in [3.63, 3.8) is 0 Å². The Morgan fingerprint density at radius 3 is 2.92 bits per heavy atom. The second kappa shape index (κ2) is 3.48. The second-order valence-electron chi connectivity index (χ2n) is 2.61. The molecule has 2 nitrogen and oxygen atoms in total. The van der Waals surface area contributed by atoms with Crippen molar-refractivity contribution in [2.24, 2.45) is 0 Å². The molecule has 0 aliphatic rings. The molecule has 0 radical (unpaired) electrons. The molecule has 68 valence electrons. The van der Waals surface area contributed by atoms with Crippen LogP contribution in [0.1, 0.15) is 5.69 Å². The van der Waals surface area contributed by atoms with Gasteiger partial charge in [-0.15, -0.1) is 11.6 Å². The topological polar surface area (TPSA) is 28.7 Å². The van der Waals surface area contributed by atoms with E-state index in [0.717, 1.165) is 21.1 Å². The van der Waals surface area contributed by atoms with Crippen molar-refractivity contribution in [3.8, 4) is 0 Å². The van der Waals surface area contributed by atoms with E-state index in [-0.39, 0.29) is 0 Å². The lowest BCUT2D eigenvalue weighted by atomic mass is 10.2. The van der Waals surface area contributed by atoms with Gasteiger partial charge in [0.25, 0.3) is 0 Å². The first kappa shape index (κ1) is 9.31. The zero-order valence-electron chi connectivity index (χ0n) is 6.44. The van der Waals surface area contributed by atoms with Crippen LogP contribution in [-0.4, -0.2) is 10.2 Å². The van der Waals surface area contributed by atoms with E-state index in [4.69, 9.17) is 23.2 Å². The van der Waals surface area contributed by atoms with E-state index in [1.54, 1.807) is 0 Å². The minimum absolute atomic E-state index is 0.382. The largest absolute Gasteiger partial charge is 0.276 e. The van der Waals surface area contributed by atoms with Crippen LogP contribution in [0.5, 0.6) is 0 Å². The molecule has 0 amide bonds. The van der Waals surface area contributed by atoms with Crippen molar-refractivity contribution in [3.05, 3.63) is 27.3 Å². The second-order valence-corrected chi connectivity index (χ2v) is 4.17. The third-order valence-electron chi connectivity index (χ3n) is 1.80. The van der Waals surface area contributed by atoms with Crippen LogP contribution in [0.2, 0.25) is 5.02 Å². The molecule has 0 saturated heterocycles. The van der Waals surface area contributed by atoms with Crippen LogP contribution in [0, 0.1) is 0 Å². The molecule has 1 aromatic carbocycles. The normalized spacial score (nSPS) is 11.0. The van der Waals surface area contributed by atoms with Gasteiger partial charge in [0.05, 0.1) is 17.1 Å². The molecule has 5 heteroatoms. The Morgan fingerprint density at radius 1 is 1.46 bits per heavy atom. The number of aromatic amines is 1. The average Bonchev–Trinajstić information content (AvgIpc) is 2.47. The van der Waals surface area contributed by atoms with Crippen LogP contribution in [0.25, 0.3) is 10.9 Å². The number of alkyl halides is 1. The molecule has 0 bridgehead atoms. The standard InChI is InChI=1S/C8H5BrCl2N2/c9-6-2-4(11)1-5-7(3-10)12-13-8(5)6/h1-2H,3H2,(H,12,13). The SMILES string of the molecule is ClCc1n[nH]c2c(Br)cc(Cl)cc12. The van der Waals surface area contributed by atoms with E-state index in [0.29, 0.717) is 10.9 Å². The van der Waals surface area contributed by atoms with Gasteiger partial charge in [0, 0.05) is 14.9 Å². The van der Waals surface area contributed by atoms with Crippen LogP contribution in [0.3, 0.4) is 0 Å². The predicted octanol–water partition coefficient (Wildman–Crippen LogP) is 3.72. The number of nitrogens with zero attached hydrogens (tertiary/aromatic N) is 1. The Balaban J connectivity index is 2.82. The Labute approximate surface area is 93.3 Å². The molecule has 0 aliphatic carbocycles. The Bertz CT molecular complexity index is 453. The highest BCUT2D eigenvalue weighted by Gasteiger charge is 2.08. The molecule has 0 fully saturated rings. The molecule has 1 aromatic heterocycles. The van der Waals surface area contributed by atoms with E-state index in [1.807, 2.05) is 12.1 Å². The summed E-state index contributed by atoms with van der Waals surface area (Å²) in [5.41, 5.74) is 1.75. The number of halogens is 3. The van der Waals surface area contributed by atoms with Gasteiger partial charge in [-0.25, -0.2) is 0 Å². The first-order valence-corrected chi connectivity index (χ1v) is 5.31. The van der Waals surface area contributed by atoms with Crippen LogP contribution in [0.15, 0.2) is 16.6 Å². The minimum atomic E-state index is 0.382. The molecule has 2 rings (SSSR count). The first-order valence-electron chi connectivity index (χ1n) is 3.60. The average molecular weight is 280 g/mol. The number of benzene rings is 1. The summed E-state index contributed by atoms with van der Waals surface area (Å²) in [6.45, 7) is 0. The number of fused-ring (bicyclic) bond motifs is 1. The zero-order chi connectivity index (χ0) is 9.42. The van der Waals surface area contributed by atoms with E-state index in [2.05, 4.69) is 26.1 Å². The molecular formula is C8H5BrCl2N2. The molecule has 0 atom stereocenters. The first-order chi connectivity index (χ1) is 6.22. The highest BCUT2D eigenvalue weighted by Crippen LogP contribution is 2.28. The number of nitrogens with one attached hydrogen (secondary N) is 1. The number of hydrogen-bond acceptors (Lipinski definition) is 1. The summed E-state index contributed by atoms with van der Waals surface area (Å²) < 4.78 is 0.902. The number of rotatable bonds is 1.